The zero-order valence-electron chi connectivity index (χ0n) is 15.0. The molecule has 138 valence electrons. The number of carbonyl (C=O) groups is 1. The van der Waals surface area contributed by atoms with E-state index in [2.05, 4.69) is 5.10 Å². The number of allylic oxidation sites excluding steroid dienone is 1. The molecule has 2 aliphatic rings. The van der Waals surface area contributed by atoms with E-state index in [1.807, 2.05) is 6.08 Å². The van der Waals surface area contributed by atoms with Crippen LogP contribution in [0.15, 0.2) is 59.2 Å². The van der Waals surface area contributed by atoms with Crippen LogP contribution in [0.3, 0.4) is 0 Å². The van der Waals surface area contributed by atoms with Gasteiger partial charge in [0, 0.05) is 12.8 Å². The summed E-state index contributed by atoms with van der Waals surface area (Å²) in [6.07, 6.45) is 4.80. The van der Waals surface area contributed by atoms with Crippen LogP contribution in [0.2, 0.25) is 0 Å². The van der Waals surface area contributed by atoms with Gasteiger partial charge in [0.25, 0.3) is 0 Å². The highest BCUT2D eigenvalue weighted by atomic mass is 19.1. The van der Waals surface area contributed by atoms with Gasteiger partial charge in [-0.25, -0.2) is 13.8 Å². The predicted molar refractivity (Wildman–Crippen MR) is 101 cm³/mol. The SMILES string of the molecule is CC(=O)N1N=C2/C(=C/c3ccc(F)cc3)CCC[C@H]2[C@H]1c1ccc(F)cc1. The van der Waals surface area contributed by atoms with Crippen LogP contribution in [-0.2, 0) is 4.79 Å². The van der Waals surface area contributed by atoms with E-state index in [0.717, 1.165) is 41.7 Å². The molecule has 1 aliphatic carbocycles. The third kappa shape index (κ3) is 3.42. The molecule has 2 atom stereocenters. The van der Waals surface area contributed by atoms with Gasteiger partial charge in [-0.2, -0.15) is 5.10 Å². The number of hydrazone groups is 1. The molecule has 27 heavy (non-hydrogen) atoms. The fourth-order valence-electron chi connectivity index (χ4n) is 4.02. The maximum Gasteiger partial charge on any atom is 0.240 e. The van der Waals surface area contributed by atoms with Crippen molar-refractivity contribution >= 4 is 17.7 Å². The Morgan fingerprint density at radius 1 is 1.07 bits per heavy atom. The lowest BCUT2D eigenvalue weighted by molar-refractivity contribution is -0.131. The van der Waals surface area contributed by atoms with Crippen LogP contribution in [0.1, 0.15) is 43.4 Å². The van der Waals surface area contributed by atoms with Crippen LogP contribution >= 0.6 is 0 Å². The van der Waals surface area contributed by atoms with Gasteiger partial charge in [-0.15, -0.1) is 0 Å². The molecule has 0 radical (unpaired) electrons. The van der Waals surface area contributed by atoms with Gasteiger partial charge in [0.05, 0.1) is 11.8 Å². The molecular formula is C22H20F2N2O. The fourth-order valence-corrected chi connectivity index (χ4v) is 4.02. The quantitative estimate of drug-likeness (QED) is 0.727. The van der Waals surface area contributed by atoms with Crippen LogP contribution in [0.4, 0.5) is 8.78 Å². The van der Waals surface area contributed by atoms with Gasteiger partial charge in [-0.1, -0.05) is 24.3 Å². The standard InChI is InChI=1S/C22H20F2N2O/c1-14(27)26-22(16-7-11-19(24)12-8-16)20-4-2-3-17(21(20)25-26)13-15-5-9-18(23)10-6-15/h5-13,20,22H,2-4H2,1H3/b17-13+/t20-,22-/m1/s1. The number of hydrogen-bond donors (Lipinski definition) is 0. The second kappa shape index (κ2) is 7.06. The fraction of sp³-hybridized carbons (Fsp3) is 0.273. The predicted octanol–water partition coefficient (Wildman–Crippen LogP) is 5.11. The van der Waals surface area contributed by atoms with Crippen molar-refractivity contribution in [2.45, 2.75) is 32.2 Å². The van der Waals surface area contributed by atoms with Gasteiger partial charge in [0.15, 0.2) is 0 Å². The smallest absolute Gasteiger partial charge is 0.240 e. The lowest BCUT2D eigenvalue weighted by atomic mass is 9.77. The van der Waals surface area contributed by atoms with Crippen molar-refractivity contribution in [3.05, 3.63) is 76.9 Å². The van der Waals surface area contributed by atoms with Gasteiger partial charge < -0.3 is 0 Å². The van der Waals surface area contributed by atoms with Crippen molar-refractivity contribution in [1.82, 2.24) is 5.01 Å². The maximum absolute atomic E-state index is 13.4. The number of amides is 1. The van der Waals surface area contributed by atoms with E-state index in [0.29, 0.717) is 0 Å². The number of nitrogens with zero attached hydrogens (tertiary/aromatic N) is 2. The molecule has 0 saturated heterocycles. The first-order valence-electron chi connectivity index (χ1n) is 9.13. The Hall–Kier alpha value is -2.82. The van der Waals surface area contributed by atoms with Crippen molar-refractivity contribution in [2.75, 3.05) is 0 Å². The first kappa shape index (κ1) is 17.6. The van der Waals surface area contributed by atoms with E-state index in [4.69, 9.17) is 0 Å². The number of hydrogen-bond acceptors (Lipinski definition) is 2. The molecule has 0 unspecified atom stereocenters. The van der Waals surface area contributed by atoms with Crippen molar-refractivity contribution in [3.63, 3.8) is 0 Å². The van der Waals surface area contributed by atoms with Gasteiger partial charge in [-0.3, -0.25) is 4.79 Å². The zero-order chi connectivity index (χ0) is 19.0. The third-order valence-corrected chi connectivity index (χ3v) is 5.25. The molecule has 1 heterocycles. The average Bonchev–Trinajstić information content (AvgIpc) is 3.05. The summed E-state index contributed by atoms with van der Waals surface area (Å²) < 4.78 is 26.5. The molecule has 1 saturated carbocycles. The van der Waals surface area contributed by atoms with Crippen LogP contribution in [-0.4, -0.2) is 16.6 Å². The monoisotopic (exact) mass is 366 g/mol. The normalized spacial score (nSPS) is 23.3. The minimum Gasteiger partial charge on any atom is -0.273 e. The summed E-state index contributed by atoms with van der Waals surface area (Å²) in [7, 11) is 0. The summed E-state index contributed by atoms with van der Waals surface area (Å²) in [5, 5.41) is 6.17. The molecule has 0 bridgehead atoms. The molecular weight excluding hydrogens is 346 g/mol. The maximum atomic E-state index is 13.4. The Balaban J connectivity index is 1.72. The first-order valence-corrected chi connectivity index (χ1v) is 9.13. The van der Waals surface area contributed by atoms with Crippen molar-refractivity contribution in [2.24, 2.45) is 11.0 Å². The van der Waals surface area contributed by atoms with Gasteiger partial charge in [0.1, 0.15) is 11.6 Å². The van der Waals surface area contributed by atoms with Crippen molar-refractivity contribution < 1.29 is 13.6 Å². The molecule has 0 spiro atoms. The highest BCUT2D eigenvalue weighted by Gasteiger charge is 2.42. The summed E-state index contributed by atoms with van der Waals surface area (Å²) in [5.74, 6) is -0.615. The number of halogens is 2. The highest BCUT2D eigenvalue weighted by molar-refractivity contribution is 6.08. The van der Waals surface area contributed by atoms with Crippen LogP contribution in [0.25, 0.3) is 6.08 Å². The molecule has 1 fully saturated rings. The second-order valence-electron chi connectivity index (χ2n) is 7.07. The van der Waals surface area contributed by atoms with Gasteiger partial charge in [-0.05, 0) is 66.3 Å². The Bertz CT molecular complexity index is 916. The first-order chi connectivity index (χ1) is 13.0. The van der Waals surface area contributed by atoms with Crippen LogP contribution in [0, 0.1) is 17.6 Å². The van der Waals surface area contributed by atoms with Crippen molar-refractivity contribution in [1.29, 1.82) is 0 Å². The Morgan fingerprint density at radius 3 is 2.33 bits per heavy atom. The Kier molecular flexibility index (Phi) is 4.60. The van der Waals surface area contributed by atoms with Crippen LogP contribution < -0.4 is 0 Å². The number of carbonyl (C=O) groups excluding carboxylic acids is 1. The molecule has 5 heteroatoms. The second-order valence-corrected chi connectivity index (χ2v) is 7.07. The average molecular weight is 366 g/mol. The Morgan fingerprint density at radius 2 is 1.70 bits per heavy atom. The zero-order valence-corrected chi connectivity index (χ0v) is 15.0. The number of benzene rings is 2. The summed E-state index contributed by atoms with van der Waals surface area (Å²) in [4.78, 5) is 12.2. The topological polar surface area (TPSA) is 32.7 Å². The van der Waals surface area contributed by atoms with Crippen LogP contribution in [0.5, 0.6) is 0 Å². The molecule has 1 amide bonds. The van der Waals surface area contributed by atoms with E-state index in [9.17, 15) is 13.6 Å². The lowest BCUT2D eigenvalue weighted by Gasteiger charge is -2.29. The van der Waals surface area contributed by atoms with E-state index in [1.54, 1.807) is 24.3 Å². The summed E-state index contributed by atoms with van der Waals surface area (Å²) in [6, 6.07) is 12.4. The molecule has 0 aromatic heterocycles. The minimum atomic E-state index is -0.298. The molecule has 3 nitrogen and oxygen atoms in total. The molecule has 0 N–H and O–H groups in total. The highest BCUT2D eigenvalue weighted by Crippen LogP contribution is 2.44. The number of fused-ring (bicyclic) bond motifs is 1. The molecule has 2 aromatic carbocycles. The number of rotatable bonds is 2. The third-order valence-electron chi connectivity index (χ3n) is 5.25. The van der Waals surface area contributed by atoms with E-state index in [1.165, 1.54) is 36.2 Å². The van der Waals surface area contributed by atoms with Crippen molar-refractivity contribution in [3.8, 4) is 0 Å². The van der Waals surface area contributed by atoms with Gasteiger partial charge >= 0.3 is 0 Å². The van der Waals surface area contributed by atoms with E-state index in [-0.39, 0.29) is 29.5 Å². The molecule has 1 aliphatic heterocycles. The summed E-state index contributed by atoms with van der Waals surface area (Å²) >= 11 is 0. The molecule has 4 rings (SSSR count). The molecule has 2 aromatic rings. The minimum absolute atomic E-state index is 0.0832. The van der Waals surface area contributed by atoms with E-state index < -0.39 is 0 Å². The Labute approximate surface area is 157 Å². The largest absolute Gasteiger partial charge is 0.273 e. The van der Waals surface area contributed by atoms with Gasteiger partial charge in [0.2, 0.25) is 5.91 Å². The van der Waals surface area contributed by atoms with E-state index >= 15 is 0 Å². The lowest BCUT2D eigenvalue weighted by Crippen LogP contribution is -2.30. The summed E-state index contributed by atoms with van der Waals surface area (Å²) in [6.45, 7) is 1.50. The summed E-state index contributed by atoms with van der Waals surface area (Å²) in [5.41, 5.74) is 3.79.